The van der Waals surface area contributed by atoms with Crippen LogP contribution in [0.3, 0.4) is 0 Å². The lowest BCUT2D eigenvalue weighted by atomic mass is 9.87. The highest BCUT2D eigenvalue weighted by Gasteiger charge is 2.53. The van der Waals surface area contributed by atoms with Crippen LogP contribution in [0.25, 0.3) is 0 Å². The number of rotatable bonds is 5. The Morgan fingerprint density at radius 3 is 2.45 bits per heavy atom. The van der Waals surface area contributed by atoms with Crippen molar-refractivity contribution in [1.82, 2.24) is 0 Å². The summed E-state index contributed by atoms with van der Waals surface area (Å²) < 4.78 is 5.16. The Balaban J connectivity index is 1.62. The molecule has 1 aliphatic rings. The maximum Gasteiger partial charge on any atom is 0.239 e. The Morgan fingerprint density at radius 1 is 1.00 bits per heavy atom. The molecule has 0 spiro atoms. The number of carbonyl (C=O) groups excluding carboxylic acids is 1. The van der Waals surface area contributed by atoms with Gasteiger partial charge in [0.2, 0.25) is 5.78 Å². The van der Waals surface area contributed by atoms with Gasteiger partial charge in [0.05, 0.1) is 12.8 Å². The summed E-state index contributed by atoms with van der Waals surface area (Å²) in [5.41, 5.74) is 3.91. The number of nitrogens with zero attached hydrogens (tertiary/aromatic N) is 1. The van der Waals surface area contributed by atoms with E-state index in [4.69, 9.17) is 4.74 Å². The maximum atomic E-state index is 13.2. The van der Waals surface area contributed by atoms with Gasteiger partial charge in [-0.1, -0.05) is 66.1 Å². The molecule has 0 N–H and O–H groups in total. The molecule has 1 heterocycles. The van der Waals surface area contributed by atoms with Crippen LogP contribution in [0.15, 0.2) is 83.9 Å². The lowest BCUT2D eigenvalue weighted by Gasteiger charge is -2.12. The average molecular weight is 379 g/mol. The zero-order valence-electron chi connectivity index (χ0n) is 16.5. The van der Waals surface area contributed by atoms with Crippen LogP contribution in [0.4, 0.5) is 0 Å². The predicted octanol–water partition coefficient (Wildman–Crippen LogP) is 4.41. The van der Waals surface area contributed by atoms with E-state index in [0.717, 1.165) is 33.7 Å². The van der Waals surface area contributed by atoms with Crippen molar-refractivity contribution in [1.29, 1.82) is 0 Å². The second kappa shape index (κ2) is 7.77. The summed E-state index contributed by atoms with van der Waals surface area (Å²) in [5.74, 6) is 6.40. The van der Waals surface area contributed by atoms with Gasteiger partial charge in [-0.05, 0) is 48.2 Å². The minimum absolute atomic E-state index is 0.173. The van der Waals surface area contributed by atoms with Crippen molar-refractivity contribution in [3.05, 3.63) is 101 Å². The molecule has 0 radical (unpaired) electrons. The Labute approximate surface area is 171 Å². The summed E-state index contributed by atoms with van der Waals surface area (Å²) in [6.45, 7) is 2.05. The second-order valence-electron chi connectivity index (χ2n) is 7.16. The highest BCUT2D eigenvalue weighted by molar-refractivity contribution is 6.34. The van der Waals surface area contributed by atoms with Gasteiger partial charge in [0.25, 0.3) is 0 Å². The molecule has 29 heavy (non-hydrogen) atoms. The van der Waals surface area contributed by atoms with Crippen LogP contribution in [0.2, 0.25) is 0 Å². The molecule has 0 bridgehead atoms. The minimum atomic E-state index is -0.894. The molecule has 0 aromatic heterocycles. The van der Waals surface area contributed by atoms with Crippen LogP contribution in [0, 0.1) is 18.8 Å². The van der Waals surface area contributed by atoms with Crippen molar-refractivity contribution in [2.45, 2.75) is 18.9 Å². The van der Waals surface area contributed by atoms with E-state index in [1.165, 1.54) is 0 Å². The number of methoxy groups -OCH3 is 1. The molecule has 0 fully saturated rings. The molecule has 1 unspecified atom stereocenters. The van der Waals surface area contributed by atoms with Crippen molar-refractivity contribution in [3.63, 3.8) is 0 Å². The fourth-order valence-electron chi connectivity index (χ4n) is 3.45. The molecule has 0 aliphatic carbocycles. The van der Waals surface area contributed by atoms with E-state index < -0.39 is 5.54 Å². The maximum absolute atomic E-state index is 13.2. The molecule has 3 aromatic carbocycles. The van der Waals surface area contributed by atoms with Crippen molar-refractivity contribution >= 4 is 11.5 Å². The van der Waals surface area contributed by atoms with Gasteiger partial charge in [0.1, 0.15) is 5.75 Å². The quantitative estimate of drug-likeness (QED) is 0.616. The summed E-state index contributed by atoms with van der Waals surface area (Å²) in [7, 11) is 1.62. The third-order valence-electron chi connectivity index (χ3n) is 5.02. The highest BCUT2D eigenvalue weighted by Crippen LogP contribution is 2.37. The van der Waals surface area contributed by atoms with Crippen molar-refractivity contribution in [2.75, 3.05) is 7.11 Å². The highest BCUT2D eigenvalue weighted by atomic mass is 16.5. The summed E-state index contributed by atoms with van der Waals surface area (Å²) in [6.07, 6.45) is 0.523. The zero-order chi connectivity index (χ0) is 20.3. The van der Waals surface area contributed by atoms with Gasteiger partial charge in [-0.2, -0.15) is 0 Å². The average Bonchev–Trinajstić information content (AvgIpc) is 3.48. The number of hydrogen-bond donors (Lipinski definition) is 0. The molecule has 3 aromatic rings. The summed E-state index contributed by atoms with van der Waals surface area (Å²) >= 11 is 0. The molecular formula is C26H21NO2. The lowest BCUT2D eigenvalue weighted by molar-refractivity contribution is -0.115. The molecule has 1 atom stereocenters. The molecule has 142 valence electrons. The van der Waals surface area contributed by atoms with Crippen LogP contribution in [-0.2, 0) is 11.2 Å². The van der Waals surface area contributed by atoms with Crippen LogP contribution in [0.5, 0.6) is 5.75 Å². The Kier molecular flexibility index (Phi) is 5.01. The number of aliphatic imine (C=N–C) groups is 1. The van der Waals surface area contributed by atoms with Crippen LogP contribution >= 0.6 is 0 Å². The van der Waals surface area contributed by atoms with E-state index >= 15 is 0 Å². The van der Waals surface area contributed by atoms with Crippen LogP contribution in [-0.4, -0.2) is 24.1 Å². The number of benzene rings is 3. The molecule has 3 heteroatoms. The minimum Gasteiger partial charge on any atom is -0.497 e. The standard InChI is InChI=1S/C26H21NO2/c1-19-7-6-8-21(17-19)18-26(25(27-26)22-9-4-3-5-10-22)24(28)16-13-20-11-14-23(29-2)15-12-20/h3-12,14-15,17H,18H2,1-2H3. The largest absolute Gasteiger partial charge is 0.497 e. The zero-order valence-corrected chi connectivity index (χ0v) is 16.5. The first-order chi connectivity index (χ1) is 14.1. The Morgan fingerprint density at radius 2 is 1.76 bits per heavy atom. The topological polar surface area (TPSA) is 38.7 Å². The summed E-state index contributed by atoms with van der Waals surface area (Å²) in [5, 5.41) is 0. The number of Topliss-reactive ketones (excluding diaryl/α,β-unsaturated/α-hetero) is 1. The lowest BCUT2D eigenvalue weighted by Crippen LogP contribution is -2.32. The molecule has 1 aliphatic heterocycles. The monoisotopic (exact) mass is 379 g/mol. The number of carbonyl (C=O) groups is 1. The smallest absolute Gasteiger partial charge is 0.239 e. The normalized spacial score (nSPS) is 17.0. The molecule has 0 amide bonds. The van der Waals surface area contributed by atoms with E-state index in [0.29, 0.717) is 6.42 Å². The van der Waals surface area contributed by atoms with E-state index in [-0.39, 0.29) is 5.78 Å². The fourth-order valence-corrected chi connectivity index (χ4v) is 3.45. The first kappa shape index (κ1) is 18.7. The van der Waals surface area contributed by atoms with Crippen molar-refractivity contribution < 1.29 is 9.53 Å². The van der Waals surface area contributed by atoms with E-state index in [9.17, 15) is 4.79 Å². The third kappa shape index (κ3) is 3.97. The number of hydrogen-bond acceptors (Lipinski definition) is 3. The van der Waals surface area contributed by atoms with Crippen molar-refractivity contribution in [2.24, 2.45) is 4.99 Å². The van der Waals surface area contributed by atoms with Gasteiger partial charge in [-0.25, -0.2) is 0 Å². The van der Waals surface area contributed by atoms with Gasteiger partial charge < -0.3 is 4.74 Å². The van der Waals surface area contributed by atoms with E-state index in [1.54, 1.807) is 7.11 Å². The Bertz CT molecular complexity index is 1130. The van der Waals surface area contributed by atoms with Gasteiger partial charge in [0.15, 0.2) is 5.54 Å². The SMILES string of the molecule is COc1ccc(C#CC(=O)C2(Cc3cccc(C)c3)N=C2c2ccccc2)cc1. The molecule has 3 nitrogen and oxygen atoms in total. The number of ketones is 1. The Hall–Kier alpha value is -3.64. The first-order valence-electron chi connectivity index (χ1n) is 9.52. The summed E-state index contributed by atoms with van der Waals surface area (Å²) in [4.78, 5) is 17.8. The van der Waals surface area contributed by atoms with Gasteiger partial charge in [-0.3, -0.25) is 9.79 Å². The molecule has 4 rings (SSSR count). The first-order valence-corrected chi connectivity index (χ1v) is 9.52. The fraction of sp³-hybridized carbons (Fsp3) is 0.154. The molecule has 0 saturated heterocycles. The van der Waals surface area contributed by atoms with E-state index in [1.807, 2.05) is 79.7 Å². The molecular weight excluding hydrogens is 358 g/mol. The molecule has 0 saturated carbocycles. The van der Waals surface area contributed by atoms with Gasteiger partial charge >= 0.3 is 0 Å². The van der Waals surface area contributed by atoms with Gasteiger partial charge in [0, 0.05) is 12.0 Å². The number of aryl methyl sites for hydroxylation is 1. The number of ether oxygens (including phenoxy) is 1. The third-order valence-corrected chi connectivity index (χ3v) is 5.02. The predicted molar refractivity (Wildman–Crippen MR) is 115 cm³/mol. The van der Waals surface area contributed by atoms with Crippen LogP contribution in [0.1, 0.15) is 22.3 Å². The second-order valence-corrected chi connectivity index (χ2v) is 7.16. The van der Waals surface area contributed by atoms with E-state index in [2.05, 4.69) is 22.9 Å². The summed E-state index contributed by atoms with van der Waals surface area (Å²) in [6, 6.07) is 25.4. The van der Waals surface area contributed by atoms with Crippen molar-refractivity contribution in [3.8, 4) is 17.6 Å². The van der Waals surface area contributed by atoms with Crippen LogP contribution < -0.4 is 4.74 Å². The van der Waals surface area contributed by atoms with Gasteiger partial charge in [-0.15, -0.1) is 0 Å².